The van der Waals surface area contributed by atoms with Crippen molar-refractivity contribution >= 4 is 5.91 Å². The lowest BCUT2D eigenvalue weighted by Gasteiger charge is -2.10. The van der Waals surface area contributed by atoms with Gasteiger partial charge in [0.25, 0.3) is 5.91 Å². The van der Waals surface area contributed by atoms with Crippen molar-refractivity contribution in [1.29, 1.82) is 0 Å². The second-order valence-electron chi connectivity index (χ2n) is 4.61. The third-order valence-electron chi connectivity index (χ3n) is 2.96. The van der Waals surface area contributed by atoms with Crippen molar-refractivity contribution < 1.29 is 14.6 Å². The summed E-state index contributed by atoms with van der Waals surface area (Å²) in [6, 6.07) is 7.09. The standard InChI is InChI=1S/C14H18N4O3/c1-2-11(19)7-18-14(16-9-17-18)10-3-5-12(6-4-10)21-8-13(15)20/h3-6,9,11,19H,2,7-8H2,1H3,(H2,15,20)/t11-/m1/s1. The molecule has 2 rings (SSSR count). The molecule has 0 aliphatic heterocycles. The number of hydrogen-bond donors (Lipinski definition) is 2. The molecular formula is C14H18N4O3. The number of hydrogen-bond acceptors (Lipinski definition) is 5. The average Bonchev–Trinajstić information content (AvgIpc) is 2.93. The Kier molecular flexibility index (Phi) is 4.89. The van der Waals surface area contributed by atoms with E-state index in [9.17, 15) is 9.90 Å². The van der Waals surface area contributed by atoms with Crippen LogP contribution in [-0.4, -0.2) is 38.5 Å². The second-order valence-corrected chi connectivity index (χ2v) is 4.61. The second kappa shape index (κ2) is 6.85. The van der Waals surface area contributed by atoms with Gasteiger partial charge < -0.3 is 15.6 Å². The van der Waals surface area contributed by atoms with E-state index in [4.69, 9.17) is 10.5 Å². The topological polar surface area (TPSA) is 103 Å². The Bertz CT molecular complexity index is 595. The van der Waals surface area contributed by atoms with Crippen molar-refractivity contribution in [1.82, 2.24) is 14.8 Å². The molecule has 1 atom stereocenters. The highest BCUT2D eigenvalue weighted by Crippen LogP contribution is 2.20. The van der Waals surface area contributed by atoms with E-state index in [0.29, 0.717) is 24.5 Å². The Morgan fingerprint density at radius 2 is 2.14 bits per heavy atom. The summed E-state index contributed by atoms with van der Waals surface area (Å²) in [4.78, 5) is 14.9. The molecule has 0 fully saturated rings. The van der Waals surface area contributed by atoms with E-state index in [1.807, 2.05) is 19.1 Å². The van der Waals surface area contributed by atoms with E-state index in [-0.39, 0.29) is 6.61 Å². The maximum Gasteiger partial charge on any atom is 0.255 e. The Balaban J connectivity index is 2.12. The Morgan fingerprint density at radius 3 is 2.76 bits per heavy atom. The lowest BCUT2D eigenvalue weighted by molar-refractivity contribution is -0.119. The monoisotopic (exact) mass is 290 g/mol. The number of rotatable bonds is 7. The maximum atomic E-state index is 10.7. The third-order valence-corrected chi connectivity index (χ3v) is 2.96. The molecule has 0 saturated heterocycles. The van der Waals surface area contributed by atoms with Crippen LogP contribution in [0.2, 0.25) is 0 Å². The number of aromatic nitrogens is 3. The van der Waals surface area contributed by atoms with E-state index in [1.54, 1.807) is 16.8 Å². The molecule has 21 heavy (non-hydrogen) atoms. The van der Waals surface area contributed by atoms with Gasteiger partial charge in [-0.1, -0.05) is 6.92 Å². The maximum absolute atomic E-state index is 10.7. The molecule has 112 valence electrons. The lowest BCUT2D eigenvalue weighted by Crippen LogP contribution is -2.20. The smallest absolute Gasteiger partial charge is 0.255 e. The molecule has 0 unspecified atom stereocenters. The van der Waals surface area contributed by atoms with Crippen molar-refractivity contribution in [3.05, 3.63) is 30.6 Å². The van der Waals surface area contributed by atoms with Crippen LogP contribution in [0.25, 0.3) is 11.4 Å². The van der Waals surface area contributed by atoms with Crippen molar-refractivity contribution in [3.63, 3.8) is 0 Å². The molecule has 1 aromatic heterocycles. The van der Waals surface area contributed by atoms with Gasteiger partial charge in [-0.3, -0.25) is 4.79 Å². The number of ether oxygens (including phenoxy) is 1. The van der Waals surface area contributed by atoms with Crippen molar-refractivity contribution in [2.24, 2.45) is 5.73 Å². The van der Waals surface area contributed by atoms with Gasteiger partial charge in [-0.05, 0) is 30.7 Å². The number of primary amides is 1. The van der Waals surface area contributed by atoms with Gasteiger partial charge in [-0.25, -0.2) is 9.67 Å². The van der Waals surface area contributed by atoms with Crippen LogP contribution in [-0.2, 0) is 11.3 Å². The summed E-state index contributed by atoms with van der Waals surface area (Å²) >= 11 is 0. The zero-order chi connectivity index (χ0) is 15.2. The average molecular weight is 290 g/mol. The summed E-state index contributed by atoms with van der Waals surface area (Å²) < 4.78 is 6.85. The van der Waals surface area contributed by atoms with E-state index in [2.05, 4.69) is 10.1 Å². The zero-order valence-electron chi connectivity index (χ0n) is 11.8. The van der Waals surface area contributed by atoms with Gasteiger partial charge in [-0.2, -0.15) is 5.10 Å². The van der Waals surface area contributed by atoms with Gasteiger partial charge in [-0.15, -0.1) is 0 Å². The van der Waals surface area contributed by atoms with Crippen LogP contribution >= 0.6 is 0 Å². The third kappa shape index (κ3) is 4.03. The summed E-state index contributed by atoms with van der Waals surface area (Å²) in [5.41, 5.74) is 5.87. The highest BCUT2D eigenvalue weighted by atomic mass is 16.5. The highest BCUT2D eigenvalue weighted by molar-refractivity contribution is 5.75. The van der Waals surface area contributed by atoms with Crippen LogP contribution in [0.15, 0.2) is 30.6 Å². The van der Waals surface area contributed by atoms with Crippen LogP contribution in [0.5, 0.6) is 5.75 Å². The molecule has 0 aliphatic rings. The Labute approximate surface area is 122 Å². The molecule has 0 aliphatic carbocycles. The van der Waals surface area contributed by atoms with Gasteiger partial charge in [0, 0.05) is 5.56 Å². The number of nitrogens with zero attached hydrogens (tertiary/aromatic N) is 3. The number of carbonyl (C=O) groups is 1. The summed E-state index contributed by atoms with van der Waals surface area (Å²) in [5, 5.41) is 13.8. The van der Waals surface area contributed by atoms with Crippen LogP contribution < -0.4 is 10.5 Å². The molecule has 1 amide bonds. The predicted molar refractivity (Wildman–Crippen MR) is 76.4 cm³/mol. The molecular weight excluding hydrogens is 272 g/mol. The number of amides is 1. The first-order chi connectivity index (χ1) is 10.1. The SMILES string of the molecule is CC[C@@H](O)Cn1ncnc1-c1ccc(OCC(N)=O)cc1. The van der Waals surface area contributed by atoms with Crippen molar-refractivity contribution in [3.8, 4) is 17.1 Å². The first-order valence-corrected chi connectivity index (χ1v) is 6.67. The molecule has 0 bridgehead atoms. The van der Waals surface area contributed by atoms with Gasteiger partial charge in [0.1, 0.15) is 12.1 Å². The first kappa shape index (κ1) is 15.0. The molecule has 1 heterocycles. The Hall–Kier alpha value is -2.41. The molecule has 0 radical (unpaired) electrons. The number of aliphatic hydroxyl groups excluding tert-OH is 1. The Morgan fingerprint density at radius 1 is 1.43 bits per heavy atom. The van der Waals surface area contributed by atoms with Gasteiger partial charge in [0.15, 0.2) is 12.4 Å². The molecule has 0 saturated carbocycles. The van der Waals surface area contributed by atoms with Crippen LogP contribution in [0.4, 0.5) is 0 Å². The first-order valence-electron chi connectivity index (χ1n) is 6.67. The number of benzene rings is 1. The molecule has 7 nitrogen and oxygen atoms in total. The normalized spacial score (nSPS) is 12.1. The minimum absolute atomic E-state index is 0.155. The van der Waals surface area contributed by atoms with E-state index in [1.165, 1.54) is 6.33 Å². The number of nitrogens with two attached hydrogens (primary N) is 1. The number of carbonyl (C=O) groups excluding carboxylic acids is 1. The molecule has 0 spiro atoms. The lowest BCUT2D eigenvalue weighted by atomic mass is 10.2. The molecule has 3 N–H and O–H groups in total. The van der Waals surface area contributed by atoms with E-state index in [0.717, 1.165) is 5.56 Å². The summed E-state index contributed by atoms with van der Waals surface area (Å²) in [7, 11) is 0. The minimum Gasteiger partial charge on any atom is -0.484 e. The fourth-order valence-corrected chi connectivity index (χ4v) is 1.80. The fraction of sp³-hybridized carbons (Fsp3) is 0.357. The van der Waals surface area contributed by atoms with E-state index >= 15 is 0 Å². The number of aliphatic hydroxyl groups is 1. The predicted octanol–water partition coefficient (Wildman–Crippen LogP) is 0.580. The van der Waals surface area contributed by atoms with Crippen LogP contribution in [0, 0.1) is 0 Å². The fourth-order valence-electron chi connectivity index (χ4n) is 1.80. The quantitative estimate of drug-likeness (QED) is 0.776. The van der Waals surface area contributed by atoms with Crippen LogP contribution in [0.1, 0.15) is 13.3 Å². The minimum atomic E-state index is -0.521. The van der Waals surface area contributed by atoms with Gasteiger partial charge in [0.2, 0.25) is 0 Å². The molecule has 7 heteroatoms. The highest BCUT2D eigenvalue weighted by Gasteiger charge is 2.11. The summed E-state index contributed by atoms with van der Waals surface area (Å²) in [6.45, 7) is 2.15. The molecule has 1 aromatic carbocycles. The van der Waals surface area contributed by atoms with Crippen LogP contribution in [0.3, 0.4) is 0 Å². The van der Waals surface area contributed by atoms with Gasteiger partial charge in [0.05, 0.1) is 12.6 Å². The van der Waals surface area contributed by atoms with Crippen molar-refractivity contribution in [2.45, 2.75) is 26.0 Å². The van der Waals surface area contributed by atoms with Crippen molar-refractivity contribution in [2.75, 3.05) is 6.61 Å². The summed E-state index contributed by atoms with van der Waals surface area (Å²) in [5.74, 6) is 0.702. The summed E-state index contributed by atoms with van der Waals surface area (Å²) in [6.07, 6.45) is 1.65. The van der Waals surface area contributed by atoms with Gasteiger partial charge >= 0.3 is 0 Å². The zero-order valence-corrected chi connectivity index (χ0v) is 11.8. The van der Waals surface area contributed by atoms with E-state index < -0.39 is 12.0 Å². The molecule has 2 aromatic rings. The largest absolute Gasteiger partial charge is 0.484 e.